The molecule has 6 heteroatoms. The largest absolute Gasteiger partial charge is 0.480 e. The zero-order valence-corrected chi connectivity index (χ0v) is 9.81. The van der Waals surface area contributed by atoms with Gasteiger partial charge in [0.2, 0.25) is 0 Å². The average molecular weight is 252 g/mol. The number of carbonyl (C=O) groups excluding carboxylic acids is 1. The summed E-state index contributed by atoms with van der Waals surface area (Å²) in [5.41, 5.74) is 0.497. The molecule has 2 N–H and O–H groups in total. The minimum Gasteiger partial charge on any atom is -0.480 e. The number of carboxylic acid groups (broad SMARTS) is 1. The van der Waals surface area contributed by atoms with Gasteiger partial charge in [0.05, 0.1) is 5.56 Å². The Hall–Kier alpha value is -1.56. The summed E-state index contributed by atoms with van der Waals surface area (Å²) in [6.07, 6.45) is 3.57. The highest BCUT2D eigenvalue weighted by atomic mass is 32.2. The summed E-state index contributed by atoms with van der Waals surface area (Å²) >= 11 is 1.37. The number of nitrogens with one attached hydrogen (secondary N) is 1. The summed E-state index contributed by atoms with van der Waals surface area (Å²) in [6, 6.07) is 3.30. The molecule has 0 unspecified atom stereocenters. The summed E-state index contributed by atoms with van der Waals surface area (Å²) in [5.74, 6) is -0.369. The Morgan fingerprint density at radius 1 is 1.53 bits per heavy atom. The van der Waals surface area contributed by atoms with Crippen molar-refractivity contribution < 1.29 is 14.7 Å². The summed E-state index contributed by atoms with van der Waals surface area (Å²) in [5, 5.41) is 11.2. The van der Waals surface area contributed by atoms with Crippen molar-refractivity contribution in [1.82, 2.24) is 10.3 Å². The average Bonchev–Trinajstić information content (AvgIpc) is 2.79. The van der Waals surface area contributed by atoms with Crippen LogP contribution in [0.5, 0.6) is 0 Å². The topological polar surface area (TPSA) is 79.3 Å². The van der Waals surface area contributed by atoms with Crippen LogP contribution in [-0.2, 0) is 4.79 Å². The third kappa shape index (κ3) is 2.97. The molecule has 1 amide bonds. The molecule has 0 bridgehead atoms. The Balaban J connectivity index is 1.91. The van der Waals surface area contributed by atoms with Gasteiger partial charge in [0.15, 0.2) is 0 Å². The first-order valence-electron chi connectivity index (χ1n) is 5.22. The number of hydrogen-bond acceptors (Lipinski definition) is 4. The molecule has 1 aliphatic rings. The number of aliphatic carboxylic acids is 1. The van der Waals surface area contributed by atoms with Crippen LogP contribution in [0, 0.1) is 0 Å². The third-order valence-electron chi connectivity index (χ3n) is 2.53. The van der Waals surface area contributed by atoms with Gasteiger partial charge in [0.25, 0.3) is 5.91 Å². The normalized spacial score (nSPS) is 23.3. The van der Waals surface area contributed by atoms with Crippen LogP contribution in [0.25, 0.3) is 0 Å². The second-order valence-corrected chi connectivity index (χ2v) is 5.04. The van der Waals surface area contributed by atoms with E-state index >= 15 is 0 Å². The Kier molecular flexibility index (Phi) is 3.63. The standard InChI is InChI=1S/C11H12N2O3S/c14-10(7-2-1-3-12-5-7)13-8-4-9(11(15)16)17-6-8/h1-3,5,8-9H,4,6H2,(H,13,14)(H,15,16)/t8-,9-/m0/s1. The maximum absolute atomic E-state index is 11.8. The molecular weight excluding hydrogens is 240 g/mol. The van der Waals surface area contributed by atoms with Crippen LogP contribution < -0.4 is 5.32 Å². The molecule has 0 radical (unpaired) electrons. The number of thioether (sulfide) groups is 1. The summed E-state index contributed by atoms with van der Waals surface area (Å²) in [4.78, 5) is 26.4. The number of rotatable bonds is 3. The van der Waals surface area contributed by atoms with Crippen LogP contribution in [0.1, 0.15) is 16.8 Å². The quantitative estimate of drug-likeness (QED) is 0.830. The van der Waals surface area contributed by atoms with Gasteiger partial charge in [-0.15, -0.1) is 11.8 Å². The van der Waals surface area contributed by atoms with E-state index in [2.05, 4.69) is 10.3 Å². The first-order chi connectivity index (χ1) is 8.16. The third-order valence-corrected chi connectivity index (χ3v) is 3.92. The smallest absolute Gasteiger partial charge is 0.316 e. The molecule has 2 atom stereocenters. The highest BCUT2D eigenvalue weighted by Crippen LogP contribution is 2.26. The van der Waals surface area contributed by atoms with Gasteiger partial charge in [-0.3, -0.25) is 14.6 Å². The van der Waals surface area contributed by atoms with E-state index in [0.29, 0.717) is 17.7 Å². The van der Waals surface area contributed by atoms with Crippen LogP contribution in [0.3, 0.4) is 0 Å². The summed E-state index contributed by atoms with van der Waals surface area (Å²) in [7, 11) is 0. The van der Waals surface area contributed by atoms with Crippen LogP contribution in [0.2, 0.25) is 0 Å². The zero-order chi connectivity index (χ0) is 12.3. The predicted molar refractivity (Wildman–Crippen MR) is 64.0 cm³/mol. The van der Waals surface area contributed by atoms with Crippen molar-refractivity contribution >= 4 is 23.6 Å². The van der Waals surface area contributed by atoms with Gasteiger partial charge in [-0.2, -0.15) is 0 Å². The van der Waals surface area contributed by atoms with E-state index in [4.69, 9.17) is 5.11 Å². The molecule has 5 nitrogen and oxygen atoms in total. The van der Waals surface area contributed by atoms with E-state index in [0.717, 1.165) is 0 Å². The Morgan fingerprint density at radius 3 is 2.94 bits per heavy atom. The second kappa shape index (κ2) is 5.18. The molecule has 1 fully saturated rings. The molecule has 1 aliphatic heterocycles. The molecule has 1 aromatic rings. The van der Waals surface area contributed by atoms with Crippen molar-refractivity contribution in [3.05, 3.63) is 30.1 Å². The Labute approximate surface area is 103 Å². The van der Waals surface area contributed by atoms with E-state index in [1.165, 1.54) is 18.0 Å². The monoisotopic (exact) mass is 252 g/mol. The minimum absolute atomic E-state index is 0.0752. The maximum atomic E-state index is 11.8. The number of carbonyl (C=O) groups is 2. The number of amides is 1. The lowest BCUT2D eigenvalue weighted by atomic mass is 10.1. The zero-order valence-electron chi connectivity index (χ0n) is 9.00. The van der Waals surface area contributed by atoms with Gasteiger partial charge in [0.1, 0.15) is 5.25 Å². The van der Waals surface area contributed by atoms with Gasteiger partial charge in [0, 0.05) is 24.2 Å². The molecule has 0 saturated carbocycles. The van der Waals surface area contributed by atoms with Crippen LogP contribution in [0.4, 0.5) is 0 Å². The van der Waals surface area contributed by atoms with Gasteiger partial charge >= 0.3 is 5.97 Å². The first kappa shape index (κ1) is 11.9. The molecule has 17 heavy (non-hydrogen) atoms. The van der Waals surface area contributed by atoms with E-state index in [-0.39, 0.29) is 11.9 Å². The van der Waals surface area contributed by atoms with Crippen molar-refractivity contribution in [2.75, 3.05) is 5.75 Å². The fraction of sp³-hybridized carbons (Fsp3) is 0.364. The van der Waals surface area contributed by atoms with Gasteiger partial charge in [-0.1, -0.05) is 0 Å². The number of hydrogen-bond donors (Lipinski definition) is 2. The van der Waals surface area contributed by atoms with Gasteiger partial charge in [-0.25, -0.2) is 0 Å². The fourth-order valence-corrected chi connectivity index (χ4v) is 2.86. The van der Waals surface area contributed by atoms with Crippen molar-refractivity contribution in [2.24, 2.45) is 0 Å². The lowest BCUT2D eigenvalue weighted by molar-refractivity contribution is -0.136. The lowest BCUT2D eigenvalue weighted by Crippen LogP contribution is -2.35. The second-order valence-electron chi connectivity index (χ2n) is 3.81. The van der Waals surface area contributed by atoms with E-state index < -0.39 is 11.2 Å². The van der Waals surface area contributed by atoms with Crippen LogP contribution in [-0.4, -0.2) is 39.0 Å². The maximum Gasteiger partial charge on any atom is 0.316 e. The highest BCUT2D eigenvalue weighted by molar-refractivity contribution is 8.00. The molecule has 1 aromatic heterocycles. The highest BCUT2D eigenvalue weighted by Gasteiger charge is 2.31. The Morgan fingerprint density at radius 2 is 2.35 bits per heavy atom. The molecule has 2 rings (SSSR count). The minimum atomic E-state index is -0.812. The van der Waals surface area contributed by atoms with Crippen LogP contribution in [0.15, 0.2) is 24.5 Å². The van der Waals surface area contributed by atoms with Gasteiger partial charge in [-0.05, 0) is 18.6 Å². The Bertz CT molecular complexity index is 424. The van der Waals surface area contributed by atoms with Crippen molar-refractivity contribution in [3.63, 3.8) is 0 Å². The van der Waals surface area contributed by atoms with E-state index in [9.17, 15) is 9.59 Å². The van der Waals surface area contributed by atoms with Crippen molar-refractivity contribution in [1.29, 1.82) is 0 Å². The first-order valence-corrected chi connectivity index (χ1v) is 6.27. The number of aromatic nitrogens is 1. The summed E-state index contributed by atoms with van der Waals surface area (Å²) in [6.45, 7) is 0. The van der Waals surface area contributed by atoms with E-state index in [1.807, 2.05) is 0 Å². The predicted octanol–water partition coefficient (Wildman–Crippen LogP) is 0.770. The van der Waals surface area contributed by atoms with Crippen LogP contribution >= 0.6 is 11.8 Å². The number of nitrogens with zero attached hydrogens (tertiary/aromatic N) is 1. The molecule has 2 heterocycles. The van der Waals surface area contributed by atoms with Crippen molar-refractivity contribution in [3.8, 4) is 0 Å². The molecule has 1 saturated heterocycles. The summed E-state index contributed by atoms with van der Waals surface area (Å²) < 4.78 is 0. The molecule has 0 aromatic carbocycles. The fourth-order valence-electron chi connectivity index (χ4n) is 1.67. The molecule has 0 aliphatic carbocycles. The molecular formula is C11H12N2O3S. The van der Waals surface area contributed by atoms with E-state index in [1.54, 1.807) is 18.3 Å². The molecule has 0 spiro atoms. The van der Waals surface area contributed by atoms with Gasteiger partial charge < -0.3 is 10.4 Å². The molecule has 90 valence electrons. The SMILES string of the molecule is O=C(N[C@@H]1CS[C@H](C(=O)O)C1)c1cccnc1. The number of carboxylic acids is 1. The van der Waals surface area contributed by atoms with Crippen molar-refractivity contribution in [2.45, 2.75) is 17.7 Å². The number of pyridine rings is 1. The lowest BCUT2D eigenvalue weighted by Gasteiger charge is -2.11.